The number of likely N-dealkylation sites (N-methyl/N-ethyl adjacent to an activating group) is 1. The molecule has 0 bridgehead atoms. The van der Waals surface area contributed by atoms with Crippen LogP contribution in [-0.4, -0.2) is 49.5 Å². The molecule has 0 spiro atoms. The predicted molar refractivity (Wildman–Crippen MR) is 102 cm³/mol. The van der Waals surface area contributed by atoms with E-state index in [0.717, 1.165) is 32.0 Å². The molecule has 2 aliphatic rings. The van der Waals surface area contributed by atoms with Gasteiger partial charge in [-0.25, -0.2) is 0 Å². The van der Waals surface area contributed by atoms with Gasteiger partial charge in [0.25, 0.3) is 0 Å². The lowest BCUT2D eigenvalue weighted by molar-refractivity contribution is -0.132. The number of hydrogen-bond acceptors (Lipinski definition) is 2. The SMILES string of the molecule is CCNC(=NCC1(C)CCCC1)NC1CCC(=O)N(C)C1.I. The highest BCUT2D eigenvalue weighted by atomic mass is 127. The van der Waals surface area contributed by atoms with Crippen LogP contribution in [-0.2, 0) is 4.79 Å². The number of carbonyl (C=O) groups is 1. The van der Waals surface area contributed by atoms with Gasteiger partial charge in [0.1, 0.15) is 0 Å². The van der Waals surface area contributed by atoms with Crippen LogP contribution in [0.25, 0.3) is 0 Å². The number of aliphatic imine (C=N–C) groups is 1. The van der Waals surface area contributed by atoms with Gasteiger partial charge >= 0.3 is 0 Å². The van der Waals surface area contributed by atoms with Gasteiger partial charge in [0.05, 0.1) is 0 Å². The third kappa shape index (κ3) is 5.59. The van der Waals surface area contributed by atoms with Crippen LogP contribution >= 0.6 is 24.0 Å². The summed E-state index contributed by atoms with van der Waals surface area (Å²) in [4.78, 5) is 18.2. The number of likely N-dealkylation sites (tertiary alicyclic amines) is 1. The number of halogens is 1. The standard InChI is InChI=1S/C16H30N4O.HI/c1-4-17-15(18-12-16(2)9-5-6-10-16)19-13-7-8-14(21)20(3)11-13;/h13H,4-12H2,1-3H3,(H2,17,18,19);1H. The Morgan fingerprint density at radius 2 is 2.09 bits per heavy atom. The van der Waals surface area contributed by atoms with Gasteiger partial charge in [0.2, 0.25) is 5.91 Å². The summed E-state index contributed by atoms with van der Waals surface area (Å²) in [6.45, 7) is 6.96. The van der Waals surface area contributed by atoms with E-state index >= 15 is 0 Å². The summed E-state index contributed by atoms with van der Waals surface area (Å²) in [7, 11) is 1.87. The molecule has 1 atom stereocenters. The molecule has 22 heavy (non-hydrogen) atoms. The summed E-state index contributed by atoms with van der Waals surface area (Å²) in [5.41, 5.74) is 0.377. The molecule has 0 aromatic heterocycles. The fraction of sp³-hybridized carbons (Fsp3) is 0.875. The molecule has 1 amide bonds. The minimum absolute atomic E-state index is 0. The van der Waals surface area contributed by atoms with E-state index in [2.05, 4.69) is 24.5 Å². The lowest BCUT2D eigenvalue weighted by Crippen LogP contribution is -2.51. The highest BCUT2D eigenvalue weighted by Gasteiger charge is 2.29. The van der Waals surface area contributed by atoms with E-state index in [4.69, 9.17) is 4.99 Å². The van der Waals surface area contributed by atoms with Gasteiger partial charge < -0.3 is 15.5 Å². The lowest BCUT2D eigenvalue weighted by atomic mass is 9.89. The number of amides is 1. The first-order valence-corrected chi connectivity index (χ1v) is 8.31. The molecule has 5 nitrogen and oxygen atoms in total. The Balaban J connectivity index is 0.00000242. The first-order chi connectivity index (χ1) is 10.0. The van der Waals surface area contributed by atoms with E-state index in [0.29, 0.717) is 17.9 Å². The molecule has 1 saturated carbocycles. The highest BCUT2D eigenvalue weighted by Crippen LogP contribution is 2.37. The predicted octanol–water partition coefficient (Wildman–Crippen LogP) is 2.36. The van der Waals surface area contributed by atoms with E-state index in [1.807, 2.05) is 11.9 Å². The second kappa shape index (κ2) is 8.93. The van der Waals surface area contributed by atoms with Crippen molar-refractivity contribution in [3.8, 4) is 0 Å². The Kier molecular flexibility index (Phi) is 7.93. The zero-order valence-corrected chi connectivity index (χ0v) is 16.5. The Morgan fingerprint density at radius 1 is 1.41 bits per heavy atom. The van der Waals surface area contributed by atoms with Crippen molar-refractivity contribution >= 4 is 35.8 Å². The van der Waals surface area contributed by atoms with Crippen molar-refractivity contribution in [1.82, 2.24) is 15.5 Å². The van der Waals surface area contributed by atoms with Gasteiger partial charge in [-0.2, -0.15) is 0 Å². The van der Waals surface area contributed by atoms with Crippen molar-refractivity contribution in [3.63, 3.8) is 0 Å². The average molecular weight is 422 g/mol. The maximum Gasteiger partial charge on any atom is 0.222 e. The van der Waals surface area contributed by atoms with E-state index in [1.165, 1.54) is 25.7 Å². The fourth-order valence-corrected chi connectivity index (χ4v) is 3.30. The van der Waals surface area contributed by atoms with Crippen LogP contribution in [0.2, 0.25) is 0 Å². The highest BCUT2D eigenvalue weighted by molar-refractivity contribution is 14.0. The molecule has 1 heterocycles. The van der Waals surface area contributed by atoms with Gasteiger partial charge in [-0.15, -0.1) is 24.0 Å². The van der Waals surface area contributed by atoms with Crippen LogP contribution in [0.15, 0.2) is 4.99 Å². The molecule has 1 aliphatic heterocycles. The molecule has 128 valence electrons. The van der Waals surface area contributed by atoms with Crippen LogP contribution < -0.4 is 10.6 Å². The largest absolute Gasteiger partial charge is 0.357 e. The fourth-order valence-electron chi connectivity index (χ4n) is 3.30. The smallest absolute Gasteiger partial charge is 0.222 e. The molecule has 0 aromatic rings. The zero-order chi connectivity index (χ0) is 15.3. The lowest BCUT2D eigenvalue weighted by Gasteiger charge is -2.31. The Hall–Kier alpha value is -0.530. The van der Waals surface area contributed by atoms with Crippen LogP contribution in [0, 0.1) is 5.41 Å². The maximum atomic E-state index is 11.5. The number of rotatable bonds is 4. The Labute approximate surface area is 151 Å². The van der Waals surface area contributed by atoms with Crippen LogP contribution in [0.4, 0.5) is 0 Å². The molecule has 2 N–H and O–H groups in total. The van der Waals surface area contributed by atoms with Crippen molar-refractivity contribution in [2.24, 2.45) is 10.4 Å². The third-order valence-electron chi connectivity index (χ3n) is 4.74. The van der Waals surface area contributed by atoms with Crippen LogP contribution in [0.3, 0.4) is 0 Å². The summed E-state index contributed by atoms with van der Waals surface area (Å²) in [5.74, 6) is 1.15. The first kappa shape index (κ1) is 19.5. The van der Waals surface area contributed by atoms with Crippen molar-refractivity contribution in [2.75, 3.05) is 26.7 Å². The Bertz CT molecular complexity index is 394. The minimum atomic E-state index is 0. The number of carbonyl (C=O) groups excluding carboxylic acids is 1. The molecule has 2 fully saturated rings. The second-order valence-electron chi connectivity index (χ2n) is 6.87. The quantitative estimate of drug-likeness (QED) is 0.416. The number of guanidine groups is 1. The number of nitrogens with one attached hydrogen (secondary N) is 2. The van der Waals surface area contributed by atoms with Crippen LogP contribution in [0.5, 0.6) is 0 Å². The molecule has 1 saturated heterocycles. The second-order valence-corrected chi connectivity index (χ2v) is 6.87. The number of hydrogen-bond donors (Lipinski definition) is 2. The van der Waals surface area contributed by atoms with Gasteiger partial charge in [-0.05, 0) is 31.6 Å². The molecular weight excluding hydrogens is 391 g/mol. The minimum Gasteiger partial charge on any atom is -0.357 e. The van der Waals surface area contributed by atoms with Crippen molar-refractivity contribution in [2.45, 2.75) is 58.4 Å². The van der Waals surface area contributed by atoms with E-state index in [-0.39, 0.29) is 29.9 Å². The molecular formula is C16H31IN4O. The van der Waals surface area contributed by atoms with Crippen molar-refractivity contribution < 1.29 is 4.79 Å². The maximum absolute atomic E-state index is 11.5. The summed E-state index contributed by atoms with van der Waals surface area (Å²) in [6, 6.07) is 0.307. The van der Waals surface area contributed by atoms with Gasteiger partial charge in [-0.3, -0.25) is 9.79 Å². The van der Waals surface area contributed by atoms with Crippen LogP contribution in [0.1, 0.15) is 52.4 Å². The van der Waals surface area contributed by atoms with Gasteiger partial charge in [0, 0.05) is 39.1 Å². The summed E-state index contributed by atoms with van der Waals surface area (Å²) < 4.78 is 0. The van der Waals surface area contributed by atoms with E-state index < -0.39 is 0 Å². The van der Waals surface area contributed by atoms with E-state index in [9.17, 15) is 4.79 Å². The van der Waals surface area contributed by atoms with Gasteiger partial charge in [0.15, 0.2) is 5.96 Å². The number of nitrogens with zero attached hydrogens (tertiary/aromatic N) is 2. The molecule has 2 rings (SSSR count). The monoisotopic (exact) mass is 422 g/mol. The third-order valence-corrected chi connectivity index (χ3v) is 4.74. The zero-order valence-electron chi connectivity index (χ0n) is 14.2. The van der Waals surface area contributed by atoms with Gasteiger partial charge in [-0.1, -0.05) is 19.8 Å². The summed E-state index contributed by atoms with van der Waals surface area (Å²) in [6.07, 6.45) is 6.78. The molecule has 6 heteroatoms. The Morgan fingerprint density at radius 3 is 2.68 bits per heavy atom. The first-order valence-electron chi connectivity index (χ1n) is 8.31. The molecule has 1 unspecified atom stereocenters. The molecule has 0 radical (unpaired) electrons. The van der Waals surface area contributed by atoms with Crippen molar-refractivity contribution in [1.29, 1.82) is 0 Å². The summed E-state index contributed by atoms with van der Waals surface area (Å²) in [5, 5.41) is 6.83. The van der Waals surface area contributed by atoms with E-state index in [1.54, 1.807) is 0 Å². The molecule has 1 aliphatic carbocycles. The summed E-state index contributed by atoms with van der Waals surface area (Å²) >= 11 is 0. The topological polar surface area (TPSA) is 56.7 Å². The normalized spacial score (nSPS) is 24.9. The average Bonchev–Trinajstić information content (AvgIpc) is 2.88. The molecule has 0 aromatic carbocycles. The van der Waals surface area contributed by atoms with Crippen molar-refractivity contribution in [3.05, 3.63) is 0 Å². The number of piperidine rings is 1.